The minimum absolute atomic E-state index is 0.0752. The van der Waals surface area contributed by atoms with Gasteiger partial charge in [-0.25, -0.2) is 9.48 Å². The van der Waals surface area contributed by atoms with Crippen molar-refractivity contribution in [3.63, 3.8) is 0 Å². The molecular formula is C44H55N6O7+. The number of hydrogen-bond donors (Lipinski definition) is 3. The van der Waals surface area contributed by atoms with Gasteiger partial charge < -0.3 is 29.9 Å². The van der Waals surface area contributed by atoms with Gasteiger partial charge in [0.1, 0.15) is 36.0 Å². The molecule has 1 aliphatic carbocycles. The summed E-state index contributed by atoms with van der Waals surface area (Å²) < 4.78 is 12.7. The third-order valence-corrected chi connectivity index (χ3v) is 10.6. The highest BCUT2D eigenvalue weighted by atomic mass is 16.5. The third-order valence-electron chi connectivity index (χ3n) is 10.6. The molecule has 13 heteroatoms. The highest BCUT2D eigenvalue weighted by molar-refractivity contribution is 6.20. The summed E-state index contributed by atoms with van der Waals surface area (Å²) in [6.45, 7) is 4.22. The molecule has 4 aromatic rings. The largest absolute Gasteiger partial charge is 0.497 e. The average molecular weight is 780 g/mol. The zero-order chi connectivity index (χ0) is 41.1. The fourth-order valence-electron chi connectivity index (χ4n) is 7.36. The number of anilines is 1. The summed E-state index contributed by atoms with van der Waals surface area (Å²) in [4.78, 5) is 36.3. The minimum Gasteiger partial charge on any atom is -0.497 e. The molecule has 57 heavy (non-hydrogen) atoms. The molecule has 1 amide bonds. The van der Waals surface area contributed by atoms with Crippen molar-refractivity contribution in [3.8, 4) is 17.2 Å². The van der Waals surface area contributed by atoms with Crippen LogP contribution in [0, 0.1) is 5.92 Å². The zero-order valence-electron chi connectivity index (χ0n) is 33.8. The lowest BCUT2D eigenvalue weighted by atomic mass is 9.81. The molecule has 2 atom stereocenters. The van der Waals surface area contributed by atoms with Gasteiger partial charge in [-0.15, -0.1) is 4.59 Å². The fraction of sp³-hybridized carbons (Fsp3) is 0.386. The summed E-state index contributed by atoms with van der Waals surface area (Å²) >= 11 is 0. The molecule has 302 valence electrons. The number of aliphatic carboxylic acids is 2. The first-order valence-corrected chi connectivity index (χ1v) is 19.5. The summed E-state index contributed by atoms with van der Waals surface area (Å²) in [6.07, 6.45) is 11.2. The summed E-state index contributed by atoms with van der Waals surface area (Å²) in [7, 11) is 6.74. The van der Waals surface area contributed by atoms with Gasteiger partial charge >= 0.3 is 11.9 Å². The van der Waals surface area contributed by atoms with Crippen molar-refractivity contribution in [2.75, 3.05) is 40.2 Å². The van der Waals surface area contributed by atoms with Gasteiger partial charge in [0.15, 0.2) is 5.69 Å². The average Bonchev–Trinajstić information content (AvgIpc) is 3.84. The number of quaternary nitrogens is 1. The topological polar surface area (TPSA) is 156 Å². The van der Waals surface area contributed by atoms with Gasteiger partial charge in [0.05, 0.1) is 38.1 Å². The van der Waals surface area contributed by atoms with Crippen LogP contribution < -0.4 is 19.4 Å². The van der Waals surface area contributed by atoms with Gasteiger partial charge in [0, 0.05) is 54.8 Å². The van der Waals surface area contributed by atoms with E-state index >= 15 is 0 Å². The van der Waals surface area contributed by atoms with Gasteiger partial charge in [0.2, 0.25) is 0 Å². The normalized spacial score (nSPS) is 17.0. The Morgan fingerprint density at radius 1 is 0.930 bits per heavy atom. The second-order valence-electron chi connectivity index (χ2n) is 14.5. The summed E-state index contributed by atoms with van der Waals surface area (Å²) in [6, 6.07) is 23.0. The first kappa shape index (κ1) is 42.2. The lowest BCUT2D eigenvalue weighted by molar-refractivity contribution is -0.137. The molecule has 3 N–H and O–H groups in total. The third kappa shape index (κ3) is 10.5. The number of nitrogens with one attached hydrogen (secondary N) is 1. The van der Waals surface area contributed by atoms with Crippen LogP contribution in [0.25, 0.3) is 5.69 Å². The zero-order valence-corrected chi connectivity index (χ0v) is 33.8. The maximum atomic E-state index is 12.7. The SMILES string of the molecule is CCC1=N[N+](C)(c2cccc(OC)c2)C=C1C(=O)O.CCc1nn(-c2cccc(OC)c2)cc1C(Nc1ccc(C(=O)N(C)CCC(=O)O)cc1)C1CCCCC1. The van der Waals surface area contributed by atoms with Gasteiger partial charge in [-0.05, 0) is 74.1 Å². The number of carboxylic acids is 2. The number of aryl methyl sites for hydroxylation is 1. The molecule has 0 spiro atoms. The van der Waals surface area contributed by atoms with Crippen LogP contribution in [-0.4, -0.2) is 83.3 Å². The summed E-state index contributed by atoms with van der Waals surface area (Å²) in [5.41, 5.74) is 6.47. The maximum Gasteiger partial charge on any atom is 0.343 e. The molecule has 0 saturated heterocycles. The molecule has 1 saturated carbocycles. The number of hydrogen-bond acceptors (Lipinski definition) is 8. The molecular weight excluding hydrogens is 725 g/mol. The number of carboxylic acid groups (broad SMARTS) is 2. The predicted molar refractivity (Wildman–Crippen MR) is 222 cm³/mol. The molecule has 0 radical (unpaired) electrons. The molecule has 2 unspecified atom stereocenters. The molecule has 13 nitrogen and oxygen atoms in total. The van der Waals surface area contributed by atoms with E-state index in [-0.39, 0.29) is 35.1 Å². The van der Waals surface area contributed by atoms with Gasteiger partial charge in [-0.3, -0.25) is 9.59 Å². The lowest BCUT2D eigenvalue weighted by Gasteiger charge is -2.32. The number of aromatic nitrogens is 2. The number of carbonyl (C=O) groups is 3. The maximum absolute atomic E-state index is 12.7. The van der Waals surface area contributed by atoms with Crippen molar-refractivity contribution in [2.24, 2.45) is 11.0 Å². The molecule has 1 aromatic heterocycles. The highest BCUT2D eigenvalue weighted by Crippen LogP contribution is 2.39. The van der Waals surface area contributed by atoms with E-state index in [1.165, 1.54) is 29.7 Å². The Hall–Kier alpha value is -5.95. The Balaban J connectivity index is 0.000000273. The van der Waals surface area contributed by atoms with Crippen molar-refractivity contribution in [1.29, 1.82) is 0 Å². The monoisotopic (exact) mass is 779 g/mol. The van der Waals surface area contributed by atoms with Crippen LogP contribution in [0.1, 0.15) is 86.5 Å². The van der Waals surface area contributed by atoms with Crippen LogP contribution in [0.5, 0.6) is 11.5 Å². The molecule has 2 heterocycles. The highest BCUT2D eigenvalue weighted by Gasteiger charge is 2.36. The Morgan fingerprint density at radius 3 is 2.19 bits per heavy atom. The number of methoxy groups -OCH3 is 2. The second kappa shape index (κ2) is 19.3. The van der Waals surface area contributed by atoms with E-state index in [4.69, 9.17) is 19.7 Å². The minimum atomic E-state index is -0.939. The van der Waals surface area contributed by atoms with Crippen LogP contribution in [0.3, 0.4) is 0 Å². The Kier molecular flexibility index (Phi) is 14.3. The molecule has 6 rings (SSSR count). The van der Waals surface area contributed by atoms with E-state index in [1.54, 1.807) is 39.6 Å². The van der Waals surface area contributed by atoms with E-state index in [0.717, 1.165) is 53.5 Å². The molecule has 0 bridgehead atoms. The van der Waals surface area contributed by atoms with E-state index in [1.807, 2.05) is 79.3 Å². The Bertz CT molecular complexity index is 2090. The smallest absolute Gasteiger partial charge is 0.343 e. The number of ether oxygens (including phenoxy) is 2. The first-order chi connectivity index (χ1) is 27.4. The number of amides is 1. The molecule has 1 aliphatic heterocycles. The quantitative estimate of drug-likeness (QED) is 0.102. The van der Waals surface area contributed by atoms with Crippen molar-refractivity contribution >= 4 is 34.9 Å². The number of nitrogens with zero attached hydrogens (tertiary/aromatic N) is 5. The molecule has 2 aliphatic rings. The number of carbonyl (C=O) groups excluding carboxylic acids is 1. The number of benzene rings is 3. The van der Waals surface area contributed by atoms with Crippen LogP contribution in [0.15, 0.2) is 95.9 Å². The fourth-order valence-corrected chi connectivity index (χ4v) is 7.36. The van der Waals surface area contributed by atoms with Crippen molar-refractivity contribution < 1.29 is 34.1 Å². The van der Waals surface area contributed by atoms with Crippen molar-refractivity contribution in [1.82, 2.24) is 19.3 Å². The van der Waals surface area contributed by atoms with Crippen LogP contribution in [0.4, 0.5) is 11.4 Å². The summed E-state index contributed by atoms with van der Waals surface area (Å²) in [5.74, 6) is -0.0375. The standard InChI is InChI=1S/C30H38N4O4.C14H16N2O3/c1-4-27-26(20-34(32-27)24-11-8-12-25(19-24)38-3)29(21-9-6-5-7-10-21)31-23-15-13-22(14-16-23)30(37)33(2)18-17-28(35)36;1-4-13-12(14(17)18)9-16(2,15-13)10-6-5-7-11(8-10)19-3/h8,11-16,19-21,29,31H,4-7,9-10,17-18H2,1-3H3,(H,35,36);5-9H,4H2,1-3H3/p+1. The van der Waals surface area contributed by atoms with Gasteiger partial charge in [0.25, 0.3) is 5.91 Å². The van der Waals surface area contributed by atoms with Crippen molar-refractivity contribution in [2.45, 2.75) is 71.3 Å². The van der Waals surface area contributed by atoms with Crippen molar-refractivity contribution in [3.05, 3.63) is 108 Å². The van der Waals surface area contributed by atoms with Crippen LogP contribution in [0.2, 0.25) is 0 Å². The van der Waals surface area contributed by atoms with E-state index in [0.29, 0.717) is 23.6 Å². The van der Waals surface area contributed by atoms with E-state index in [9.17, 15) is 19.5 Å². The predicted octanol–water partition coefficient (Wildman–Crippen LogP) is 8.10. The molecule has 1 fully saturated rings. The van der Waals surface area contributed by atoms with Crippen LogP contribution in [-0.2, 0) is 16.0 Å². The Morgan fingerprint density at radius 2 is 1.60 bits per heavy atom. The van der Waals surface area contributed by atoms with Gasteiger partial charge in [-0.1, -0.05) is 50.3 Å². The van der Waals surface area contributed by atoms with Gasteiger partial charge in [-0.2, -0.15) is 5.10 Å². The lowest BCUT2D eigenvalue weighted by Crippen LogP contribution is -2.30. The van der Waals surface area contributed by atoms with E-state index < -0.39 is 11.9 Å². The first-order valence-electron chi connectivity index (χ1n) is 19.5. The second-order valence-corrected chi connectivity index (χ2v) is 14.5. The molecule has 3 aromatic carbocycles. The Labute approximate surface area is 334 Å². The van der Waals surface area contributed by atoms with Crippen LogP contribution >= 0.6 is 0 Å². The summed E-state index contributed by atoms with van der Waals surface area (Å²) in [5, 5.41) is 31.4. The van der Waals surface area contributed by atoms with E-state index in [2.05, 4.69) is 23.5 Å². The number of rotatable bonds is 15.